The summed E-state index contributed by atoms with van der Waals surface area (Å²) in [5.41, 5.74) is 0. The molecule has 0 aliphatic carbocycles. The maximum atomic E-state index is 9.49. The van der Waals surface area contributed by atoms with Gasteiger partial charge in [0.1, 0.15) is 0 Å². The van der Waals surface area contributed by atoms with Gasteiger partial charge in [-0.2, -0.15) is 0 Å². The lowest BCUT2D eigenvalue weighted by Gasteiger charge is -2.12. The summed E-state index contributed by atoms with van der Waals surface area (Å²) < 4.78 is 10.4. The van der Waals surface area contributed by atoms with E-state index in [9.17, 15) is 5.11 Å². The molecule has 0 spiro atoms. The molecule has 3 nitrogen and oxygen atoms in total. The van der Waals surface area contributed by atoms with Crippen molar-refractivity contribution in [2.45, 2.75) is 39.7 Å². The predicted octanol–water partition coefficient (Wildman–Crippen LogP) is 1.84. The zero-order valence-corrected chi connectivity index (χ0v) is 9.66. The summed E-state index contributed by atoms with van der Waals surface area (Å²) in [6.45, 7) is 8.61. The van der Waals surface area contributed by atoms with Crippen molar-refractivity contribution in [2.75, 3.05) is 26.4 Å². The van der Waals surface area contributed by atoms with E-state index >= 15 is 0 Å². The topological polar surface area (TPSA) is 38.7 Å². The highest BCUT2D eigenvalue weighted by Gasteiger charge is 2.05. The van der Waals surface area contributed by atoms with E-state index in [4.69, 9.17) is 9.47 Å². The summed E-state index contributed by atoms with van der Waals surface area (Å²) in [7, 11) is 0. The van der Waals surface area contributed by atoms with Gasteiger partial charge in [0.2, 0.25) is 0 Å². The smallest absolute Gasteiger partial charge is 0.0773 e. The van der Waals surface area contributed by atoms with Gasteiger partial charge in [-0.15, -0.1) is 0 Å². The van der Waals surface area contributed by atoms with Gasteiger partial charge in [-0.3, -0.25) is 0 Å². The molecule has 1 N–H and O–H groups in total. The molecule has 0 fully saturated rings. The highest BCUT2D eigenvalue weighted by atomic mass is 16.5. The zero-order chi connectivity index (χ0) is 10.8. The van der Waals surface area contributed by atoms with Gasteiger partial charge in [-0.1, -0.05) is 13.8 Å². The summed E-state index contributed by atoms with van der Waals surface area (Å²) in [6, 6.07) is 0. The van der Waals surface area contributed by atoms with Crippen LogP contribution in [-0.2, 0) is 9.47 Å². The van der Waals surface area contributed by atoms with Crippen LogP contribution in [0.5, 0.6) is 0 Å². The molecule has 0 radical (unpaired) electrons. The molecule has 0 saturated heterocycles. The molecule has 0 aromatic carbocycles. The third-order valence-corrected chi connectivity index (χ3v) is 1.96. The Hall–Kier alpha value is -0.120. The van der Waals surface area contributed by atoms with E-state index in [1.807, 2.05) is 6.92 Å². The molecule has 86 valence electrons. The Labute approximate surface area is 87.4 Å². The first kappa shape index (κ1) is 13.9. The Kier molecular flexibility index (Phi) is 9.35. The molecule has 0 aliphatic rings. The lowest BCUT2D eigenvalue weighted by atomic mass is 10.1. The standard InChI is InChI=1S/C11H24O3/c1-4-13-7-8-14-9-11(12)6-5-10(2)3/h10-12H,4-9H2,1-3H3. The average Bonchev–Trinajstić information content (AvgIpc) is 2.14. The quantitative estimate of drug-likeness (QED) is 0.582. The van der Waals surface area contributed by atoms with E-state index in [0.29, 0.717) is 25.7 Å². The summed E-state index contributed by atoms with van der Waals surface area (Å²) >= 11 is 0. The molecule has 1 unspecified atom stereocenters. The summed E-state index contributed by atoms with van der Waals surface area (Å²) in [6.07, 6.45) is 1.56. The summed E-state index contributed by atoms with van der Waals surface area (Å²) in [5, 5.41) is 9.49. The van der Waals surface area contributed by atoms with Gasteiger partial charge in [-0.05, 0) is 25.7 Å². The minimum Gasteiger partial charge on any atom is -0.391 e. The van der Waals surface area contributed by atoms with Crippen LogP contribution in [0, 0.1) is 5.92 Å². The molecule has 0 aromatic heterocycles. The minimum absolute atomic E-state index is 0.320. The number of aliphatic hydroxyl groups excluding tert-OH is 1. The zero-order valence-electron chi connectivity index (χ0n) is 9.66. The van der Waals surface area contributed by atoms with Crippen molar-refractivity contribution in [2.24, 2.45) is 5.92 Å². The van der Waals surface area contributed by atoms with Gasteiger partial charge in [0.15, 0.2) is 0 Å². The highest BCUT2D eigenvalue weighted by Crippen LogP contribution is 2.06. The molecule has 0 aliphatic heterocycles. The van der Waals surface area contributed by atoms with Gasteiger partial charge in [0.25, 0.3) is 0 Å². The van der Waals surface area contributed by atoms with Crippen LogP contribution in [0.2, 0.25) is 0 Å². The molecule has 0 rings (SSSR count). The normalized spacial score (nSPS) is 13.5. The lowest BCUT2D eigenvalue weighted by Crippen LogP contribution is -2.17. The van der Waals surface area contributed by atoms with Crippen LogP contribution in [0.1, 0.15) is 33.6 Å². The molecule has 0 aromatic rings. The van der Waals surface area contributed by atoms with Crippen molar-refractivity contribution in [1.82, 2.24) is 0 Å². The predicted molar refractivity (Wildman–Crippen MR) is 57.4 cm³/mol. The molecule has 0 amide bonds. The van der Waals surface area contributed by atoms with Crippen LogP contribution in [0.3, 0.4) is 0 Å². The first-order chi connectivity index (χ1) is 6.66. The Morgan fingerprint density at radius 3 is 2.29 bits per heavy atom. The van der Waals surface area contributed by atoms with E-state index in [1.54, 1.807) is 0 Å². The van der Waals surface area contributed by atoms with Crippen LogP contribution in [-0.4, -0.2) is 37.6 Å². The average molecular weight is 204 g/mol. The van der Waals surface area contributed by atoms with Crippen molar-refractivity contribution < 1.29 is 14.6 Å². The van der Waals surface area contributed by atoms with Crippen LogP contribution in [0.15, 0.2) is 0 Å². The van der Waals surface area contributed by atoms with E-state index in [1.165, 1.54) is 0 Å². The summed E-state index contributed by atoms with van der Waals surface area (Å²) in [5.74, 6) is 0.646. The van der Waals surface area contributed by atoms with Gasteiger partial charge in [-0.25, -0.2) is 0 Å². The fourth-order valence-electron chi connectivity index (χ4n) is 1.09. The first-order valence-electron chi connectivity index (χ1n) is 5.50. The second-order valence-corrected chi connectivity index (χ2v) is 3.90. The van der Waals surface area contributed by atoms with Gasteiger partial charge >= 0.3 is 0 Å². The Balaban J connectivity index is 3.14. The second kappa shape index (κ2) is 9.44. The number of hydrogen-bond acceptors (Lipinski definition) is 3. The molecule has 0 heterocycles. The maximum absolute atomic E-state index is 9.49. The van der Waals surface area contributed by atoms with Crippen molar-refractivity contribution in [3.63, 3.8) is 0 Å². The third-order valence-electron chi connectivity index (χ3n) is 1.96. The fraction of sp³-hybridized carbons (Fsp3) is 1.00. The van der Waals surface area contributed by atoms with Crippen LogP contribution in [0.25, 0.3) is 0 Å². The van der Waals surface area contributed by atoms with E-state index in [0.717, 1.165) is 19.4 Å². The van der Waals surface area contributed by atoms with Crippen molar-refractivity contribution in [3.8, 4) is 0 Å². The van der Waals surface area contributed by atoms with Gasteiger partial charge in [0.05, 0.1) is 25.9 Å². The molecule has 0 saturated carbocycles. The lowest BCUT2D eigenvalue weighted by molar-refractivity contribution is 0.00200. The molecule has 1 atom stereocenters. The minimum atomic E-state index is -0.320. The van der Waals surface area contributed by atoms with Crippen molar-refractivity contribution >= 4 is 0 Å². The SMILES string of the molecule is CCOCCOCC(O)CCC(C)C. The number of aliphatic hydroxyl groups is 1. The van der Waals surface area contributed by atoms with Crippen LogP contribution < -0.4 is 0 Å². The van der Waals surface area contributed by atoms with E-state index in [-0.39, 0.29) is 6.10 Å². The van der Waals surface area contributed by atoms with E-state index in [2.05, 4.69) is 13.8 Å². The van der Waals surface area contributed by atoms with Gasteiger partial charge < -0.3 is 14.6 Å². The second-order valence-electron chi connectivity index (χ2n) is 3.90. The number of ether oxygens (including phenoxy) is 2. The number of rotatable bonds is 9. The Bertz CT molecular complexity index is 115. The first-order valence-corrected chi connectivity index (χ1v) is 5.50. The molecular formula is C11H24O3. The molecule has 0 bridgehead atoms. The molecular weight excluding hydrogens is 180 g/mol. The number of hydrogen-bond donors (Lipinski definition) is 1. The van der Waals surface area contributed by atoms with Crippen molar-refractivity contribution in [3.05, 3.63) is 0 Å². The van der Waals surface area contributed by atoms with Crippen LogP contribution in [0.4, 0.5) is 0 Å². The summed E-state index contributed by atoms with van der Waals surface area (Å²) in [4.78, 5) is 0. The monoisotopic (exact) mass is 204 g/mol. The maximum Gasteiger partial charge on any atom is 0.0773 e. The highest BCUT2D eigenvalue weighted by molar-refractivity contribution is 4.56. The van der Waals surface area contributed by atoms with Crippen molar-refractivity contribution in [1.29, 1.82) is 0 Å². The third kappa shape index (κ3) is 9.96. The fourth-order valence-corrected chi connectivity index (χ4v) is 1.09. The largest absolute Gasteiger partial charge is 0.391 e. The van der Waals surface area contributed by atoms with Gasteiger partial charge in [0, 0.05) is 6.61 Å². The Morgan fingerprint density at radius 1 is 1.07 bits per heavy atom. The van der Waals surface area contributed by atoms with E-state index < -0.39 is 0 Å². The Morgan fingerprint density at radius 2 is 1.71 bits per heavy atom. The van der Waals surface area contributed by atoms with Crippen LogP contribution >= 0.6 is 0 Å². The molecule has 3 heteroatoms. The molecule has 14 heavy (non-hydrogen) atoms.